The van der Waals surface area contributed by atoms with E-state index in [-0.39, 0.29) is 12.0 Å². The Hall–Kier alpha value is -1.80. The Labute approximate surface area is 168 Å². The number of guanidine groups is 1. The molecule has 2 fully saturated rings. The summed E-state index contributed by atoms with van der Waals surface area (Å²) in [4.78, 5) is 21.0. The number of rotatable bonds is 4. The lowest BCUT2D eigenvalue weighted by atomic mass is 10.2. The summed E-state index contributed by atoms with van der Waals surface area (Å²) in [5, 5.41) is 3.40. The lowest BCUT2D eigenvalue weighted by molar-refractivity contribution is -0.142. The second-order valence-corrected chi connectivity index (χ2v) is 7.59. The largest absolute Gasteiger partial charge is 0.496 e. The minimum Gasteiger partial charge on any atom is -0.496 e. The number of aliphatic imine (C=N–C) groups is 1. The quantitative estimate of drug-likeness (QED) is 0.573. The average Bonchev–Trinajstić information content (AvgIpc) is 3.23. The third-order valence-electron chi connectivity index (χ3n) is 4.99. The van der Waals surface area contributed by atoms with Gasteiger partial charge in [0.15, 0.2) is 5.96 Å². The normalized spacial score (nSPS) is 20.7. The highest BCUT2D eigenvalue weighted by Gasteiger charge is 2.30. The van der Waals surface area contributed by atoms with Crippen molar-refractivity contribution in [1.29, 1.82) is 0 Å². The summed E-state index contributed by atoms with van der Waals surface area (Å²) >= 11 is 3.50. The van der Waals surface area contributed by atoms with Gasteiger partial charge in [-0.15, -0.1) is 0 Å². The van der Waals surface area contributed by atoms with Crippen molar-refractivity contribution in [2.75, 3.05) is 46.9 Å². The summed E-state index contributed by atoms with van der Waals surface area (Å²) in [5.74, 6) is 1.81. The van der Waals surface area contributed by atoms with Gasteiger partial charge in [0.05, 0.1) is 7.11 Å². The topological polar surface area (TPSA) is 66.4 Å². The number of amides is 1. The van der Waals surface area contributed by atoms with Crippen LogP contribution in [0.15, 0.2) is 27.7 Å². The minimum absolute atomic E-state index is 0.133. The Morgan fingerprint density at radius 2 is 2.07 bits per heavy atom. The Kier molecular flexibility index (Phi) is 6.95. The molecule has 2 saturated heterocycles. The van der Waals surface area contributed by atoms with Crippen molar-refractivity contribution < 1.29 is 14.3 Å². The Balaban J connectivity index is 1.53. The van der Waals surface area contributed by atoms with Gasteiger partial charge in [-0.05, 0) is 31.0 Å². The Morgan fingerprint density at radius 1 is 1.33 bits per heavy atom. The van der Waals surface area contributed by atoms with Crippen LogP contribution < -0.4 is 10.1 Å². The third-order valence-corrected chi connectivity index (χ3v) is 5.48. The van der Waals surface area contributed by atoms with Gasteiger partial charge in [0.1, 0.15) is 11.9 Å². The minimum atomic E-state index is -0.238. The molecule has 0 spiro atoms. The van der Waals surface area contributed by atoms with E-state index >= 15 is 0 Å². The van der Waals surface area contributed by atoms with E-state index in [1.54, 1.807) is 14.2 Å². The lowest BCUT2D eigenvalue weighted by Gasteiger charge is -2.37. The van der Waals surface area contributed by atoms with Crippen molar-refractivity contribution in [2.24, 2.45) is 4.99 Å². The van der Waals surface area contributed by atoms with Crippen LogP contribution >= 0.6 is 15.9 Å². The maximum Gasteiger partial charge on any atom is 0.251 e. The predicted molar refractivity (Wildman–Crippen MR) is 108 cm³/mol. The molecule has 27 heavy (non-hydrogen) atoms. The monoisotopic (exact) mass is 438 g/mol. The van der Waals surface area contributed by atoms with Gasteiger partial charge in [-0.2, -0.15) is 0 Å². The molecule has 1 amide bonds. The summed E-state index contributed by atoms with van der Waals surface area (Å²) in [6.45, 7) is 4.22. The van der Waals surface area contributed by atoms with Crippen LogP contribution in [0.4, 0.5) is 0 Å². The van der Waals surface area contributed by atoms with Crippen molar-refractivity contribution in [2.45, 2.75) is 25.5 Å². The number of ether oxygens (including phenoxy) is 2. The molecule has 3 rings (SSSR count). The van der Waals surface area contributed by atoms with E-state index in [0.29, 0.717) is 26.2 Å². The summed E-state index contributed by atoms with van der Waals surface area (Å²) in [5.41, 5.74) is 1.06. The summed E-state index contributed by atoms with van der Waals surface area (Å²) in [6.07, 6.45) is 1.58. The standard InChI is InChI=1S/C19H27BrN4O3/c1-21-19(22-13-14-12-15(20)5-6-16(14)26-2)24-9-7-23(8-10-24)18(25)17-4-3-11-27-17/h5-6,12,17H,3-4,7-11,13H2,1-2H3,(H,21,22). The first-order valence-electron chi connectivity index (χ1n) is 9.30. The van der Waals surface area contributed by atoms with E-state index in [9.17, 15) is 4.79 Å². The molecule has 0 radical (unpaired) electrons. The van der Waals surface area contributed by atoms with Crippen LogP contribution in [-0.4, -0.2) is 74.7 Å². The maximum atomic E-state index is 12.5. The third kappa shape index (κ3) is 4.93. The molecule has 2 aliphatic heterocycles. The molecule has 0 aromatic heterocycles. The van der Waals surface area contributed by atoms with Crippen LogP contribution in [0.5, 0.6) is 5.75 Å². The van der Waals surface area contributed by atoms with E-state index in [2.05, 4.69) is 31.1 Å². The highest BCUT2D eigenvalue weighted by Crippen LogP contribution is 2.23. The number of hydrogen-bond donors (Lipinski definition) is 1. The number of nitrogens with one attached hydrogen (secondary N) is 1. The zero-order chi connectivity index (χ0) is 19.2. The molecule has 0 aliphatic carbocycles. The number of benzene rings is 1. The number of hydrogen-bond acceptors (Lipinski definition) is 4. The molecule has 148 valence electrons. The second-order valence-electron chi connectivity index (χ2n) is 6.67. The number of methoxy groups -OCH3 is 1. The Morgan fingerprint density at radius 3 is 2.70 bits per heavy atom. The molecule has 1 aromatic carbocycles. The van der Waals surface area contributed by atoms with Crippen LogP contribution in [0.3, 0.4) is 0 Å². The molecule has 1 aromatic rings. The van der Waals surface area contributed by atoms with E-state index in [4.69, 9.17) is 9.47 Å². The molecule has 1 unspecified atom stereocenters. The van der Waals surface area contributed by atoms with E-state index in [1.165, 1.54) is 0 Å². The average molecular weight is 439 g/mol. The van der Waals surface area contributed by atoms with Gasteiger partial charge in [0.25, 0.3) is 5.91 Å². The van der Waals surface area contributed by atoms with Crippen LogP contribution in [0.25, 0.3) is 0 Å². The van der Waals surface area contributed by atoms with Gasteiger partial charge >= 0.3 is 0 Å². The van der Waals surface area contributed by atoms with Gasteiger partial charge in [0.2, 0.25) is 0 Å². The molecule has 2 heterocycles. The van der Waals surface area contributed by atoms with E-state index in [1.807, 2.05) is 23.1 Å². The van der Waals surface area contributed by atoms with Crippen molar-refractivity contribution in [3.8, 4) is 5.75 Å². The summed E-state index contributed by atoms with van der Waals surface area (Å²) in [6, 6.07) is 5.94. The van der Waals surface area contributed by atoms with E-state index < -0.39 is 0 Å². The number of halogens is 1. The maximum absolute atomic E-state index is 12.5. The van der Waals surface area contributed by atoms with Gasteiger partial charge in [-0.1, -0.05) is 15.9 Å². The highest BCUT2D eigenvalue weighted by molar-refractivity contribution is 9.10. The van der Waals surface area contributed by atoms with Crippen molar-refractivity contribution in [3.05, 3.63) is 28.2 Å². The Bertz CT molecular complexity index is 684. The van der Waals surface area contributed by atoms with Crippen LogP contribution in [0.1, 0.15) is 18.4 Å². The van der Waals surface area contributed by atoms with E-state index in [0.717, 1.165) is 47.7 Å². The zero-order valence-corrected chi connectivity index (χ0v) is 17.5. The molecule has 0 bridgehead atoms. The molecule has 2 aliphatic rings. The SMILES string of the molecule is CN=C(NCc1cc(Br)ccc1OC)N1CCN(C(=O)C2CCCO2)CC1. The first-order chi connectivity index (χ1) is 13.1. The first kappa shape index (κ1) is 19.9. The number of carbonyl (C=O) groups is 1. The predicted octanol–water partition coefficient (Wildman–Crippen LogP) is 1.86. The molecule has 1 N–H and O–H groups in total. The van der Waals surface area contributed by atoms with Gasteiger partial charge in [-0.3, -0.25) is 9.79 Å². The first-order valence-corrected chi connectivity index (χ1v) is 10.1. The summed E-state index contributed by atoms with van der Waals surface area (Å²) < 4.78 is 12.0. The fourth-order valence-electron chi connectivity index (χ4n) is 3.51. The van der Waals surface area contributed by atoms with Gasteiger partial charge < -0.3 is 24.6 Å². The molecule has 7 nitrogen and oxygen atoms in total. The molecule has 8 heteroatoms. The van der Waals surface area contributed by atoms with Crippen LogP contribution in [-0.2, 0) is 16.1 Å². The van der Waals surface area contributed by atoms with Crippen LogP contribution in [0.2, 0.25) is 0 Å². The number of piperazine rings is 1. The van der Waals surface area contributed by atoms with Crippen LogP contribution in [0, 0.1) is 0 Å². The van der Waals surface area contributed by atoms with Crippen molar-refractivity contribution in [1.82, 2.24) is 15.1 Å². The fourth-order valence-corrected chi connectivity index (χ4v) is 3.92. The number of nitrogens with zero attached hydrogens (tertiary/aromatic N) is 3. The van der Waals surface area contributed by atoms with Crippen molar-refractivity contribution in [3.63, 3.8) is 0 Å². The summed E-state index contributed by atoms with van der Waals surface area (Å²) in [7, 11) is 3.45. The number of carbonyl (C=O) groups excluding carboxylic acids is 1. The second kappa shape index (κ2) is 9.41. The van der Waals surface area contributed by atoms with Crippen molar-refractivity contribution >= 4 is 27.8 Å². The van der Waals surface area contributed by atoms with Gasteiger partial charge in [0, 0.05) is 56.4 Å². The fraction of sp³-hybridized carbons (Fsp3) is 0.579. The smallest absolute Gasteiger partial charge is 0.251 e. The molecular formula is C19H27BrN4O3. The molecular weight excluding hydrogens is 412 g/mol. The zero-order valence-electron chi connectivity index (χ0n) is 15.9. The lowest BCUT2D eigenvalue weighted by Crippen LogP contribution is -2.55. The molecule has 0 saturated carbocycles. The van der Waals surface area contributed by atoms with Gasteiger partial charge in [-0.25, -0.2) is 0 Å². The highest BCUT2D eigenvalue weighted by atomic mass is 79.9. The molecule has 1 atom stereocenters.